The van der Waals surface area contributed by atoms with Crippen LogP contribution in [0.2, 0.25) is 0 Å². The Morgan fingerprint density at radius 1 is 0.879 bits per heavy atom. The van der Waals surface area contributed by atoms with E-state index >= 15 is 0 Å². The van der Waals surface area contributed by atoms with Crippen molar-refractivity contribution in [1.82, 2.24) is 19.9 Å². The molecule has 0 radical (unpaired) electrons. The van der Waals surface area contributed by atoms with E-state index in [4.69, 9.17) is 20.0 Å². The van der Waals surface area contributed by atoms with Gasteiger partial charge in [0.05, 0.1) is 26.3 Å². The Hall–Kier alpha value is -3.25. The molecule has 0 aliphatic carbocycles. The molecule has 4 rings (SSSR count). The summed E-state index contributed by atoms with van der Waals surface area (Å²) in [6, 6.07) is -6.64. The molecule has 17 heteroatoms. The van der Waals surface area contributed by atoms with Crippen molar-refractivity contribution in [3.05, 3.63) is 23.3 Å². The summed E-state index contributed by atoms with van der Waals surface area (Å²) in [6.07, 6.45) is 2.46. The Balaban J connectivity index is 1.55. The third-order valence-corrected chi connectivity index (χ3v) is 6.42. The molecule has 0 saturated carbocycles. The molecule has 4 aliphatic heterocycles. The maximum atomic E-state index is 12.6. The molecule has 2 saturated heterocycles. The van der Waals surface area contributed by atoms with Crippen LogP contribution in [0.25, 0.3) is 0 Å². The molecule has 180 valence electrons. The highest BCUT2D eigenvalue weighted by Crippen LogP contribution is 2.33. The van der Waals surface area contributed by atoms with Crippen molar-refractivity contribution < 1.29 is 46.4 Å². The van der Waals surface area contributed by atoms with E-state index in [1.165, 1.54) is 12.2 Å². The maximum absolute atomic E-state index is 12.6. The van der Waals surface area contributed by atoms with Gasteiger partial charge in [-0.05, 0) is 23.3 Å². The van der Waals surface area contributed by atoms with E-state index in [1.807, 2.05) is 0 Å². The highest BCUT2D eigenvalue weighted by atomic mass is 32.3. The summed E-state index contributed by atoms with van der Waals surface area (Å²) in [6.45, 7) is -1.61. The predicted octanol–water partition coefficient (Wildman–Crippen LogP) is -4.12. The Morgan fingerprint density at radius 3 is 1.55 bits per heavy atom. The molecule has 4 unspecified atom stereocenters. The van der Waals surface area contributed by atoms with Crippen molar-refractivity contribution in [2.45, 2.75) is 24.2 Å². The molecule has 0 aromatic rings. The predicted molar refractivity (Wildman–Crippen MR) is 103 cm³/mol. The topological polar surface area (TPSA) is 226 Å². The van der Waals surface area contributed by atoms with E-state index < -0.39 is 71.7 Å². The first kappa shape index (κ1) is 22.9. The molecular weight excluding hydrogens is 468 g/mol. The van der Waals surface area contributed by atoms with Crippen LogP contribution in [0.15, 0.2) is 23.3 Å². The number of nitrogens with zero attached hydrogens (tertiary/aromatic N) is 4. The fourth-order valence-electron chi connectivity index (χ4n) is 4.17. The summed E-state index contributed by atoms with van der Waals surface area (Å²) in [5.74, 6) is -1.80. The van der Waals surface area contributed by atoms with E-state index in [9.17, 15) is 37.8 Å². The van der Waals surface area contributed by atoms with Gasteiger partial charge in [0, 0.05) is 0 Å². The second-order valence-corrected chi connectivity index (χ2v) is 8.72. The number of aliphatic hydroxyl groups is 2. The molecule has 4 aliphatic rings. The van der Waals surface area contributed by atoms with Crippen molar-refractivity contribution in [3.63, 3.8) is 0 Å². The average molecular weight is 488 g/mol. The van der Waals surface area contributed by atoms with Gasteiger partial charge >= 0.3 is 22.5 Å². The SMILES string of the molecule is NC(=O)C1C=C(CO)C2CN1C(=O)N2OS(=O)(=O)ON1C(=O)N2CC1C(CO)=CC2C(N)=O. The minimum Gasteiger partial charge on any atom is -0.392 e. The molecule has 0 spiro atoms. The normalized spacial score (nSPS) is 28.9. The van der Waals surface area contributed by atoms with E-state index in [0.29, 0.717) is 10.1 Å². The van der Waals surface area contributed by atoms with Crippen LogP contribution in [0.3, 0.4) is 0 Å². The van der Waals surface area contributed by atoms with Gasteiger partial charge in [-0.3, -0.25) is 9.59 Å². The first-order valence-corrected chi connectivity index (χ1v) is 10.9. The van der Waals surface area contributed by atoms with Crippen molar-refractivity contribution in [1.29, 1.82) is 0 Å². The van der Waals surface area contributed by atoms with E-state index in [-0.39, 0.29) is 24.2 Å². The Kier molecular flexibility index (Phi) is 5.53. The fraction of sp³-hybridized carbons (Fsp3) is 0.500. The Morgan fingerprint density at radius 2 is 1.24 bits per heavy atom. The number of urea groups is 2. The van der Waals surface area contributed by atoms with Crippen LogP contribution >= 0.6 is 0 Å². The third kappa shape index (κ3) is 3.68. The number of nitrogens with two attached hydrogens (primary N) is 2. The van der Waals surface area contributed by atoms with E-state index in [0.717, 1.165) is 9.80 Å². The van der Waals surface area contributed by atoms with Crippen LogP contribution in [0, 0.1) is 0 Å². The molecule has 0 aromatic carbocycles. The van der Waals surface area contributed by atoms with Crippen molar-refractivity contribution >= 4 is 34.3 Å². The largest absolute Gasteiger partial charge is 0.442 e. The fourth-order valence-corrected chi connectivity index (χ4v) is 4.93. The van der Waals surface area contributed by atoms with Gasteiger partial charge in [0.25, 0.3) is 0 Å². The molecule has 33 heavy (non-hydrogen) atoms. The minimum absolute atomic E-state index is 0.116. The van der Waals surface area contributed by atoms with Crippen LogP contribution < -0.4 is 11.5 Å². The first-order chi connectivity index (χ1) is 15.5. The van der Waals surface area contributed by atoms with Gasteiger partial charge in [-0.15, -0.1) is 8.57 Å². The van der Waals surface area contributed by atoms with Crippen molar-refractivity contribution in [2.75, 3.05) is 26.3 Å². The summed E-state index contributed by atoms with van der Waals surface area (Å²) in [5, 5.41) is 19.9. The van der Waals surface area contributed by atoms with Gasteiger partial charge in [0.15, 0.2) is 0 Å². The van der Waals surface area contributed by atoms with E-state index in [1.54, 1.807) is 0 Å². The first-order valence-electron chi connectivity index (χ1n) is 9.54. The van der Waals surface area contributed by atoms with Gasteiger partial charge < -0.3 is 31.5 Å². The number of primary amides is 2. The lowest BCUT2D eigenvalue weighted by atomic mass is 10.0. The zero-order valence-electron chi connectivity index (χ0n) is 16.8. The van der Waals surface area contributed by atoms with Crippen LogP contribution in [-0.4, -0.2) is 113 Å². The summed E-state index contributed by atoms with van der Waals surface area (Å²) >= 11 is 0. The molecule has 4 heterocycles. The summed E-state index contributed by atoms with van der Waals surface area (Å²) < 4.78 is 34.8. The molecule has 4 atom stereocenters. The second kappa shape index (κ2) is 7.96. The van der Waals surface area contributed by atoms with Crippen LogP contribution in [0.5, 0.6) is 0 Å². The quantitative estimate of drug-likeness (QED) is 0.241. The second-order valence-electron chi connectivity index (χ2n) is 7.60. The summed E-state index contributed by atoms with van der Waals surface area (Å²) in [4.78, 5) is 50.5. The minimum atomic E-state index is -5.12. The van der Waals surface area contributed by atoms with Gasteiger partial charge in [0.2, 0.25) is 11.8 Å². The molecule has 6 amide bonds. The monoisotopic (exact) mass is 488 g/mol. The number of aliphatic hydroxyl groups excluding tert-OH is 2. The summed E-state index contributed by atoms with van der Waals surface area (Å²) in [5.41, 5.74) is 10.8. The molecule has 16 nitrogen and oxygen atoms in total. The number of carbonyl (C=O) groups excluding carboxylic acids is 4. The number of hydrogen-bond donors (Lipinski definition) is 4. The zero-order valence-corrected chi connectivity index (χ0v) is 17.6. The Bertz CT molecular complexity index is 1010. The average Bonchev–Trinajstić information content (AvgIpc) is 3.16. The highest BCUT2D eigenvalue weighted by Gasteiger charge is 2.52. The smallest absolute Gasteiger partial charge is 0.392 e. The summed E-state index contributed by atoms with van der Waals surface area (Å²) in [7, 11) is -5.12. The van der Waals surface area contributed by atoms with Gasteiger partial charge in [-0.25, -0.2) is 9.59 Å². The van der Waals surface area contributed by atoms with Gasteiger partial charge in [0.1, 0.15) is 24.2 Å². The number of hydroxylamine groups is 4. The lowest BCUT2D eigenvalue weighted by Gasteiger charge is -2.27. The highest BCUT2D eigenvalue weighted by molar-refractivity contribution is 7.81. The van der Waals surface area contributed by atoms with Gasteiger partial charge in [-0.1, -0.05) is 0 Å². The van der Waals surface area contributed by atoms with Gasteiger partial charge in [-0.2, -0.15) is 18.5 Å². The van der Waals surface area contributed by atoms with E-state index in [2.05, 4.69) is 0 Å². The Labute approximate surface area is 186 Å². The number of hydrogen-bond acceptors (Lipinski definition) is 10. The van der Waals surface area contributed by atoms with Crippen molar-refractivity contribution in [3.8, 4) is 0 Å². The maximum Gasteiger partial charge on any atom is 0.442 e. The van der Waals surface area contributed by atoms with Crippen LogP contribution in [0.4, 0.5) is 9.59 Å². The molecule has 6 N–H and O–H groups in total. The number of rotatable bonds is 8. The zero-order chi connectivity index (χ0) is 24.2. The molecular formula is C16H20N6O10S. The van der Waals surface area contributed by atoms with Crippen LogP contribution in [0.1, 0.15) is 0 Å². The van der Waals surface area contributed by atoms with Crippen molar-refractivity contribution in [2.24, 2.45) is 11.5 Å². The van der Waals surface area contributed by atoms with Crippen LogP contribution in [-0.2, 0) is 28.6 Å². The molecule has 4 bridgehead atoms. The molecule has 2 fully saturated rings. The number of carbonyl (C=O) groups is 4. The lowest BCUT2D eigenvalue weighted by Crippen LogP contribution is -2.47. The third-order valence-electron chi connectivity index (χ3n) is 5.74. The lowest BCUT2D eigenvalue weighted by molar-refractivity contribution is -0.121. The molecule has 0 aromatic heterocycles. The number of fused-ring (bicyclic) bond motifs is 4. The number of amides is 6. The standard InChI is InChI=1S/C16H20N6O10S/c17-13(25)9-1-7(5-23)11-3-19(9)15(27)21(11)31-33(29,30)32-22-12-4-20(16(22)28)10(14(18)26)2-8(12)6-24/h1-2,9-12,23-24H,3-6H2,(H2,17,25)(H2,18,26).